The molecule has 9 heteroatoms. The van der Waals surface area contributed by atoms with Crippen LogP contribution in [0.25, 0.3) is 11.8 Å². The van der Waals surface area contributed by atoms with E-state index in [0.717, 1.165) is 16.0 Å². The van der Waals surface area contributed by atoms with Gasteiger partial charge in [0.05, 0.1) is 35.1 Å². The van der Waals surface area contributed by atoms with Crippen LogP contribution in [0, 0.1) is 0 Å². The number of carbonyl (C=O) groups excluding carboxylic acids is 1. The van der Waals surface area contributed by atoms with Crippen LogP contribution >= 0.6 is 34.7 Å². The summed E-state index contributed by atoms with van der Waals surface area (Å²) in [5.74, 6) is 0.117. The monoisotopic (exact) mass is 590 g/mol. The summed E-state index contributed by atoms with van der Waals surface area (Å²) in [5, 5.41) is 0.533. The summed E-state index contributed by atoms with van der Waals surface area (Å²) in [7, 11) is 0. The van der Waals surface area contributed by atoms with Crippen molar-refractivity contribution in [1.82, 2.24) is 4.57 Å². The summed E-state index contributed by atoms with van der Waals surface area (Å²) < 4.78 is 13.4. The van der Waals surface area contributed by atoms with Crippen molar-refractivity contribution in [3.05, 3.63) is 120 Å². The molecule has 5 rings (SSSR count). The topological polar surface area (TPSA) is 69.9 Å². The Bertz CT molecular complexity index is 1760. The van der Waals surface area contributed by atoms with E-state index in [1.807, 2.05) is 67.8 Å². The van der Waals surface area contributed by atoms with E-state index in [1.165, 1.54) is 11.3 Å². The van der Waals surface area contributed by atoms with Gasteiger partial charge in [0.15, 0.2) is 4.80 Å². The van der Waals surface area contributed by atoms with E-state index in [-0.39, 0.29) is 12.2 Å². The van der Waals surface area contributed by atoms with Crippen molar-refractivity contribution in [3.8, 4) is 5.75 Å². The van der Waals surface area contributed by atoms with Gasteiger partial charge in [-0.05, 0) is 62.1 Å². The zero-order valence-corrected chi connectivity index (χ0v) is 24.6. The molecule has 0 radical (unpaired) electrons. The average Bonchev–Trinajstić information content (AvgIpc) is 3.28. The van der Waals surface area contributed by atoms with Gasteiger partial charge >= 0.3 is 5.97 Å². The van der Waals surface area contributed by atoms with Gasteiger partial charge in [-0.15, -0.1) is 11.8 Å². The molecule has 0 amide bonds. The first kappa shape index (κ1) is 28.0. The summed E-state index contributed by atoms with van der Waals surface area (Å²) in [4.78, 5) is 34.1. The lowest BCUT2D eigenvalue weighted by Gasteiger charge is -2.26. The van der Waals surface area contributed by atoms with Gasteiger partial charge in [-0.25, -0.2) is 9.79 Å². The molecule has 0 N–H and O–H groups in total. The van der Waals surface area contributed by atoms with E-state index in [0.29, 0.717) is 43.5 Å². The molecule has 204 valence electrons. The van der Waals surface area contributed by atoms with Crippen LogP contribution in [0.4, 0.5) is 0 Å². The van der Waals surface area contributed by atoms with Crippen LogP contribution in [-0.4, -0.2) is 30.0 Å². The fourth-order valence-electron chi connectivity index (χ4n) is 4.60. The number of thioether (sulfide) groups is 1. The number of esters is 1. The summed E-state index contributed by atoms with van der Waals surface area (Å²) in [6, 6.07) is 22.0. The molecule has 2 heterocycles. The normalized spacial score (nSPS) is 15.0. The zero-order valence-electron chi connectivity index (χ0n) is 22.2. The van der Waals surface area contributed by atoms with Gasteiger partial charge in [0.1, 0.15) is 5.75 Å². The molecule has 1 atom stereocenters. The molecule has 1 aliphatic rings. The highest BCUT2D eigenvalue weighted by molar-refractivity contribution is 7.98. The number of aromatic nitrogens is 1. The Balaban J connectivity index is 1.82. The lowest BCUT2D eigenvalue weighted by atomic mass is 9.93. The minimum absolute atomic E-state index is 0.196. The second-order valence-electron chi connectivity index (χ2n) is 8.82. The maximum absolute atomic E-state index is 14.1. The molecular weight excluding hydrogens is 564 g/mol. The van der Waals surface area contributed by atoms with Crippen LogP contribution in [0.5, 0.6) is 5.75 Å². The number of nitrogens with zero attached hydrogens (tertiary/aromatic N) is 2. The van der Waals surface area contributed by atoms with Crippen LogP contribution in [0.3, 0.4) is 0 Å². The highest BCUT2D eigenvalue weighted by atomic mass is 35.5. The highest BCUT2D eigenvalue weighted by Crippen LogP contribution is 2.35. The number of hydrogen-bond donors (Lipinski definition) is 0. The van der Waals surface area contributed by atoms with Crippen molar-refractivity contribution in [2.45, 2.75) is 24.8 Å². The first-order valence-corrected chi connectivity index (χ1v) is 15.2. The molecule has 1 aromatic heterocycles. The Morgan fingerprint density at radius 3 is 2.50 bits per heavy atom. The second-order valence-corrected chi connectivity index (χ2v) is 11.1. The number of rotatable bonds is 8. The third kappa shape index (κ3) is 5.52. The molecule has 3 aromatic carbocycles. The second kappa shape index (κ2) is 12.3. The Kier molecular flexibility index (Phi) is 8.59. The number of benzene rings is 3. The number of halogens is 1. The Morgan fingerprint density at radius 2 is 1.82 bits per heavy atom. The molecule has 0 bridgehead atoms. The van der Waals surface area contributed by atoms with E-state index < -0.39 is 12.0 Å². The van der Waals surface area contributed by atoms with Crippen molar-refractivity contribution >= 4 is 52.4 Å². The maximum Gasteiger partial charge on any atom is 0.338 e. The minimum atomic E-state index is -0.728. The molecule has 6 nitrogen and oxygen atoms in total. The quantitative estimate of drug-likeness (QED) is 0.194. The van der Waals surface area contributed by atoms with E-state index in [9.17, 15) is 9.59 Å². The SMILES string of the molecule is CCOC(=O)C1=C(c2ccccc2)N=c2s/c(=C\c3cc(Cl)ccc3OCC)c(=O)n2[C@@H]1c1ccc(SC)cc1. The van der Waals surface area contributed by atoms with Crippen molar-refractivity contribution in [1.29, 1.82) is 0 Å². The Hall–Kier alpha value is -3.59. The van der Waals surface area contributed by atoms with Gasteiger partial charge < -0.3 is 9.47 Å². The molecule has 4 aromatic rings. The molecule has 0 unspecified atom stereocenters. The maximum atomic E-state index is 14.1. The van der Waals surface area contributed by atoms with Gasteiger partial charge in [-0.3, -0.25) is 9.36 Å². The smallest absolute Gasteiger partial charge is 0.338 e. The van der Waals surface area contributed by atoms with Crippen LogP contribution < -0.4 is 19.6 Å². The Morgan fingerprint density at radius 1 is 1.07 bits per heavy atom. The highest BCUT2D eigenvalue weighted by Gasteiger charge is 2.35. The summed E-state index contributed by atoms with van der Waals surface area (Å²) in [6.45, 7) is 4.33. The van der Waals surface area contributed by atoms with E-state index in [1.54, 1.807) is 47.5 Å². The molecule has 40 heavy (non-hydrogen) atoms. The molecule has 0 aliphatic carbocycles. The van der Waals surface area contributed by atoms with Crippen LogP contribution in [-0.2, 0) is 9.53 Å². The van der Waals surface area contributed by atoms with E-state index in [4.69, 9.17) is 26.1 Å². The van der Waals surface area contributed by atoms with E-state index >= 15 is 0 Å². The van der Waals surface area contributed by atoms with Crippen LogP contribution in [0.15, 0.2) is 93.1 Å². The third-order valence-corrected chi connectivity index (χ3v) is 8.33. The van der Waals surface area contributed by atoms with Crippen molar-refractivity contribution in [2.24, 2.45) is 4.99 Å². The fourth-order valence-corrected chi connectivity index (χ4v) is 6.18. The lowest BCUT2D eigenvalue weighted by Crippen LogP contribution is -2.40. The molecule has 0 saturated carbocycles. The standard InChI is InChI=1S/C31H27ClN2O4S2/c1-4-37-24-16-13-22(32)17-21(24)18-25-29(35)34-28(20-11-14-23(39-3)15-12-20)26(30(36)38-5-2)27(33-31(34)40-25)19-9-7-6-8-10-19/h6-18,28H,4-5H2,1-3H3/b25-18-/t28-/m1/s1. The van der Waals surface area contributed by atoms with Gasteiger partial charge in [0, 0.05) is 21.0 Å². The average molecular weight is 591 g/mol. The predicted molar refractivity (Wildman–Crippen MR) is 162 cm³/mol. The number of fused-ring (bicyclic) bond motifs is 1. The van der Waals surface area contributed by atoms with Crippen molar-refractivity contribution in [2.75, 3.05) is 19.5 Å². The van der Waals surface area contributed by atoms with Gasteiger partial charge in [0.25, 0.3) is 5.56 Å². The molecule has 0 fully saturated rings. The number of hydrogen-bond acceptors (Lipinski definition) is 7. The first-order valence-electron chi connectivity index (χ1n) is 12.8. The van der Waals surface area contributed by atoms with Gasteiger partial charge in [-0.1, -0.05) is 65.4 Å². The van der Waals surface area contributed by atoms with Crippen molar-refractivity contribution < 1.29 is 14.3 Å². The zero-order chi connectivity index (χ0) is 28.2. The summed E-state index contributed by atoms with van der Waals surface area (Å²) in [6.07, 6.45) is 3.77. The molecular formula is C31H27ClN2O4S2. The summed E-state index contributed by atoms with van der Waals surface area (Å²) >= 11 is 9.17. The largest absolute Gasteiger partial charge is 0.493 e. The number of ether oxygens (including phenoxy) is 2. The number of thiazole rings is 1. The van der Waals surface area contributed by atoms with Crippen LogP contribution in [0.2, 0.25) is 5.02 Å². The minimum Gasteiger partial charge on any atom is -0.493 e. The first-order chi connectivity index (χ1) is 19.4. The van der Waals surface area contributed by atoms with Gasteiger partial charge in [-0.2, -0.15) is 0 Å². The lowest BCUT2D eigenvalue weighted by molar-refractivity contribution is -0.138. The fraction of sp³-hybridized carbons (Fsp3) is 0.194. The Labute approximate surface area is 245 Å². The summed E-state index contributed by atoms with van der Waals surface area (Å²) in [5.41, 5.74) is 2.79. The van der Waals surface area contributed by atoms with Crippen LogP contribution in [0.1, 0.15) is 36.6 Å². The molecule has 1 aliphatic heterocycles. The number of carbonyl (C=O) groups is 1. The molecule has 0 saturated heterocycles. The van der Waals surface area contributed by atoms with Crippen molar-refractivity contribution in [3.63, 3.8) is 0 Å². The third-order valence-electron chi connectivity index (χ3n) is 6.36. The van der Waals surface area contributed by atoms with Gasteiger partial charge in [0.2, 0.25) is 0 Å². The van der Waals surface area contributed by atoms with E-state index in [2.05, 4.69) is 0 Å². The molecule has 0 spiro atoms. The predicted octanol–water partition coefficient (Wildman–Crippen LogP) is 5.71.